The van der Waals surface area contributed by atoms with Gasteiger partial charge in [0.25, 0.3) is 0 Å². The Labute approximate surface area is 166 Å². The van der Waals surface area contributed by atoms with Gasteiger partial charge in [0.1, 0.15) is 12.0 Å². The maximum absolute atomic E-state index is 12.5. The van der Waals surface area contributed by atoms with Crippen molar-refractivity contribution >= 4 is 5.91 Å². The topological polar surface area (TPSA) is 64.4 Å². The molecule has 0 aliphatic heterocycles. The third-order valence-electron chi connectivity index (χ3n) is 4.90. The van der Waals surface area contributed by atoms with E-state index in [1.807, 2.05) is 30.3 Å². The molecule has 1 unspecified atom stereocenters. The molecule has 0 spiro atoms. The zero-order valence-electron chi connectivity index (χ0n) is 15.6. The summed E-state index contributed by atoms with van der Waals surface area (Å²) in [6.07, 6.45) is 4.02. The average Bonchev–Trinajstić information content (AvgIpc) is 3.16. The van der Waals surface area contributed by atoms with E-state index < -0.39 is 6.61 Å². The first-order valence-corrected chi connectivity index (χ1v) is 9.45. The number of oxazole rings is 1. The molecule has 1 heterocycles. The van der Waals surface area contributed by atoms with Crippen molar-refractivity contribution in [3.63, 3.8) is 0 Å². The van der Waals surface area contributed by atoms with Crippen LogP contribution in [-0.4, -0.2) is 17.5 Å². The van der Waals surface area contributed by atoms with E-state index in [-0.39, 0.29) is 24.1 Å². The van der Waals surface area contributed by atoms with Gasteiger partial charge >= 0.3 is 6.61 Å². The fraction of sp³-hybridized carbons (Fsp3) is 0.273. The van der Waals surface area contributed by atoms with Crippen molar-refractivity contribution in [2.45, 2.75) is 38.3 Å². The molecule has 29 heavy (non-hydrogen) atoms. The van der Waals surface area contributed by atoms with Crippen LogP contribution < -0.4 is 10.1 Å². The van der Waals surface area contributed by atoms with Crippen LogP contribution in [0.3, 0.4) is 0 Å². The number of alkyl halides is 2. The van der Waals surface area contributed by atoms with Gasteiger partial charge in [-0.3, -0.25) is 4.79 Å². The van der Waals surface area contributed by atoms with Crippen molar-refractivity contribution < 1.29 is 22.7 Å². The summed E-state index contributed by atoms with van der Waals surface area (Å²) in [5.41, 5.74) is 3.27. The maximum Gasteiger partial charge on any atom is 0.387 e. The van der Waals surface area contributed by atoms with Crippen LogP contribution in [0.2, 0.25) is 0 Å². The number of benzene rings is 2. The normalized spacial score (nSPS) is 15.8. The molecule has 7 heteroatoms. The second-order valence-corrected chi connectivity index (χ2v) is 6.94. The molecular weight excluding hydrogens is 378 g/mol. The molecule has 0 radical (unpaired) electrons. The molecule has 150 valence electrons. The summed E-state index contributed by atoms with van der Waals surface area (Å²) in [4.78, 5) is 16.9. The van der Waals surface area contributed by atoms with Crippen molar-refractivity contribution in [1.82, 2.24) is 10.3 Å². The van der Waals surface area contributed by atoms with Crippen LogP contribution in [0.1, 0.15) is 35.7 Å². The SMILES string of the molecule is O=C(Cc1coc(-c2ccccc2)n1)NC1CCCc2cc(OC(F)F)ccc21. The van der Waals surface area contributed by atoms with Crippen LogP contribution >= 0.6 is 0 Å². The lowest BCUT2D eigenvalue weighted by molar-refractivity contribution is -0.121. The molecule has 3 aromatic rings. The molecule has 0 bridgehead atoms. The van der Waals surface area contributed by atoms with Crippen LogP contribution in [0.15, 0.2) is 59.2 Å². The van der Waals surface area contributed by atoms with Crippen molar-refractivity contribution in [1.29, 1.82) is 0 Å². The third kappa shape index (κ3) is 4.62. The Bertz CT molecular complexity index is 989. The molecule has 0 saturated heterocycles. The number of rotatable bonds is 6. The lowest BCUT2D eigenvalue weighted by Gasteiger charge is -2.26. The number of carbonyl (C=O) groups is 1. The number of hydrogen-bond acceptors (Lipinski definition) is 4. The van der Waals surface area contributed by atoms with Crippen LogP contribution in [-0.2, 0) is 17.6 Å². The number of fused-ring (bicyclic) bond motifs is 1. The van der Waals surface area contributed by atoms with Gasteiger partial charge in [0, 0.05) is 5.56 Å². The van der Waals surface area contributed by atoms with Gasteiger partial charge < -0.3 is 14.5 Å². The Balaban J connectivity index is 1.41. The summed E-state index contributed by atoms with van der Waals surface area (Å²) in [6, 6.07) is 14.2. The lowest BCUT2D eigenvalue weighted by atomic mass is 9.87. The molecule has 5 nitrogen and oxygen atoms in total. The van der Waals surface area contributed by atoms with Gasteiger partial charge in [-0.25, -0.2) is 4.98 Å². The van der Waals surface area contributed by atoms with Crippen molar-refractivity contribution in [3.8, 4) is 17.2 Å². The Kier molecular flexibility index (Phi) is 5.55. The fourth-order valence-corrected chi connectivity index (χ4v) is 3.63. The standard InChI is InChI=1S/C22H20F2N2O3/c23-22(24)29-17-9-10-18-15(11-17)7-4-8-19(18)26-20(27)12-16-13-28-21(25-16)14-5-2-1-3-6-14/h1-3,5-6,9-11,13,19,22H,4,7-8,12H2,(H,26,27). The molecule has 1 aromatic heterocycles. The second kappa shape index (κ2) is 8.43. The molecule has 2 aromatic carbocycles. The Hall–Kier alpha value is -3.22. The largest absolute Gasteiger partial charge is 0.444 e. The number of aryl methyl sites for hydroxylation is 1. The molecule has 1 aliphatic carbocycles. The third-order valence-corrected chi connectivity index (χ3v) is 4.90. The van der Waals surface area contributed by atoms with Crippen LogP contribution in [0.5, 0.6) is 5.75 Å². The minimum Gasteiger partial charge on any atom is -0.444 e. The Morgan fingerprint density at radius 1 is 1.24 bits per heavy atom. The van der Waals surface area contributed by atoms with Gasteiger partial charge in [-0.2, -0.15) is 8.78 Å². The maximum atomic E-state index is 12.5. The first kappa shape index (κ1) is 19.1. The number of aromatic nitrogens is 1. The quantitative estimate of drug-likeness (QED) is 0.655. The molecule has 1 N–H and O–H groups in total. The lowest BCUT2D eigenvalue weighted by Crippen LogP contribution is -2.32. The van der Waals surface area contributed by atoms with Crippen molar-refractivity contribution in [2.24, 2.45) is 0 Å². The molecule has 1 aliphatic rings. The first-order valence-electron chi connectivity index (χ1n) is 9.45. The van der Waals surface area contributed by atoms with Crippen molar-refractivity contribution in [3.05, 3.63) is 71.6 Å². The van der Waals surface area contributed by atoms with Gasteiger partial charge in [-0.15, -0.1) is 0 Å². The monoisotopic (exact) mass is 398 g/mol. The number of nitrogens with one attached hydrogen (secondary N) is 1. The highest BCUT2D eigenvalue weighted by molar-refractivity contribution is 5.78. The number of nitrogens with zero attached hydrogens (tertiary/aromatic N) is 1. The highest BCUT2D eigenvalue weighted by atomic mass is 19.3. The van der Waals surface area contributed by atoms with E-state index in [0.717, 1.165) is 36.0 Å². The second-order valence-electron chi connectivity index (χ2n) is 6.94. The van der Waals surface area contributed by atoms with Gasteiger partial charge in [0.15, 0.2) is 0 Å². The predicted octanol–water partition coefficient (Wildman–Crippen LogP) is 4.68. The molecular formula is C22H20F2N2O3. The zero-order chi connectivity index (χ0) is 20.2. The summed E-state index contributed by atoms with van der Waals surface area (Å²) in [7, 11) is 0. The van der Waals surface area contributed by atoms with E-state index in [2.05, 4.69) is 15.0 Å². The predicted molar refractivity (Wildman–Crippen MR) is 103 cm³/mol. The van der Waals surface area contributed by atoms with E-state index >= 15 is 0 Å². The van der Waals surface area contributed by atoms with Crippen LogP contribution in [0.4, 0.5) is 8.78 Å². The number of carbonyl (C=O) groups excluding carboxylic acids is 1. The number of hydrogen-bond donors (Lipinski definition) is 1. The smallest absolute Gasteiger partial charge is 0.387 e. The molecule has 0 fully saturated rings. The zero-order valence-corrected chi connectivity index (χ0v) is 15.6. The fourth-order valence-electron chi connectivity index (χ4n) is 3.63. The number of halogens is 2. The number of ether oxygens (including phenoxy) is 1. The molecule has 1 amide bonds. The van der Waals surface area contributed by atoms with Crippen LogP contribution in [0.25, 0.3) is 11.5 Å². The summed E-state index contributed by atoms with van der Waals surface area (Å²) >= 11 is 0. The van der Waals surface area contributed by atoms with Gasteiger partial charge in [0.05, 0.1) is 18.2 Å². The molecule has 1 atom stereocenters. The number of amides is 1. The van der Waals surface area contributed by atoms with E-state index in [0.29, 0.717) is 11.6 Å². The van der Waals surface area contributed by atoms with Gasteiger partial charge in [0.2, 0.25) is 11.8 Å². The average molecular weight is 398 g/mol. The first-order chi connectivity index (χ1) is 14.1. The summed E-state index contributed by atoms with van der Waals surface area (Å²) < 4.78 is 34.8. The summed E-state index contributed by atoms with van der Waals surface area (Å²) in [6.45, 7) is -2.85. The molecule has 4 rings (SSSR count). The van der Waals surface area contributed by atoms with Crippen LogP contribution in [0, 0.1) is 0 Å². The minimum absolute atomic E-state index is 0.106. The minimum atomic E-state index is -2.85. The van der Waals surface area contributed by atoms with Crippen molar-refractivity contribution in [2.75, 3.05) is 0 Å². The highest BCUT2D eigenvalue weighted by Crippen LogP contribution is 2.32. The van der Waals surface area contributed by atoms with E-state index in [4.69, 9.17) is 4.42 Å². The van der Waals surface area contributed by atoms with E-state index in [9.17, 15) is 13.6 Å². The van der Waals surface area contributed by atoms with Gasteiger partial charge in [-0.1, -0.05) is 24.3 Å². The van der Waals surface area contributed by atoms with E-state index in [1.54, 1.807) is 12.1 Å². The highest BCUT2D eigenvalue weighted by Gasteiger charge is 2.23. The molecule has 0 saturated carbocycles. The van der Waals surface area contributed by atoms with Gasteiger partial charge in [-0.05, 0) is 54.7 Å². The summed E-state index contributed by atoms with van der Waals surface area (Å²) in [5, 5.41) is 3.02. The Morgan fingerprint density at radius 2 is 2.07 bits per heavy atom. The Morgan fingerprint density at radius 3 is 2.86 bits per heavy atom. The summed E-state index contributed by atoms with van der Waals surface area (Å²) in [5.74, 6) is 0.452. The van der Waals surface area contributed by atoms with E-state index in [1.165, 1.54) is 12.3 Å².